The first-order valence-corrected chi connectivity index (χ1v) is 5.01. The third-order valence-corrected chi connectivity index (χ3v) is 2.15. The predicted molar refractivity (Wildman–Crippen MR) is 60.0 cm³/mol. The number of nitrogens with one attached hydrogen (secondary N) is 1. The van der Waals surface area contributed by atoms with Gasteiger partial charge < -0.3 is 25.4 Å². The average molecular weight is 241 g/mol. The molecule has 0 aromatic heterocycles. The molecule has 6 nitrogen and oxygen atoms in total. The van der Waals surface area contributed by atoms with E-state index in [9.17, 15) is 9.90 Å². The number of carbonyl (C=O) groups is 1. The molecule has 1 aromatic carbocycles. The number of amides is 1. The van der Waals surface area contributed by atoms with E-state index in [-0.39, 0.29) is 30.3 Å². The van der Waals surface area contributed by atoms with Crippen molar-refractivity contribution < 1.29 is 24.9 Å². The number of phenols is 2. The van der Waals surface area contributed by atoms with Gasteiger partial charge in [-0.1, -0.05) is 0 Å². The van der Waals surface area contributed by atoms with E-state index in [4.69, 9.17) is 14.9 Å². The van der Waals surface area contributed by atoms with Crippen LogP contribution in [0.5, 0.6) is 11.5 Å². The molecule has 0 spiro atoms. The Morgan fingerprint density at radius 2 is 2.18 bits per heavy atom. The first-order valence-electron chi connectivity index (χ1n) is 5.01. The minimum atomic E-state index is -0.543. The van der Waals surface area contributed by atoms with Gasteiger partial charge in [0.2, 0.25) is 0 Å². The predicted octanol–water partition coefficient (Wildman–Crippen LogP) is -0.165. The fourth-order valence-electron chi connectivity index (χ4n) is 1.32. The molecule has 0 saturated heterocycles. The largest absolute Gasteiger partial charge is 0.508 e. The van der Waals surface area contributed by atoms with Crippen LogP contribution in [-0.2, 0) is 4.74 Å². The van der Waals surface area contributed by atoms with E-state index in [1.54, 1.807) is 0 Å². The molecule has 1 atom stereocenters. The molecule has 0 radical (unpaired) electrons. The van der Waals surface area contributed by atoms with Gasteiger partial charge in [0.25, 0.3) is 5.91 Å². The van der Waals surface area contributed by atoms with Crippen LogP contribution in [0.1, 0.15) is 10.4 Å². The fourth-order valence-corrected chi connectivity index (χ4v) is 1.32. The Morgan fingerprint density at radius 3 is 2.71 bits per heavy atom. The zero-order valence-electron chi connectivity index (χ0n) is 9.38. The average Bonchev–Trinajstić information content (AvgIpc) is 2.28. The second-order valence-corrected chi connectivity index (χ2v) is 3.51. The Bertz CT molecular complexity index is 393. The molecule has 94 valence electrons. The number of phenolic OH excluding ortho intramolecular Hbond substituents is 2. The minimum Gasteiger partial charge on any atom is -0.508 e. The van der Waals surface area contributed by atoms with Crippen LogP contribution < -0.4 is 5.32 Å². The second kappa shape index (κ2) is 6.07. The number of aliphatic hydroxyl groups is 1. The van der Waals surface area contributed by atoms with Gasteiger partial charge in [0.1, 0.15) is 11.5 Å². The van der Waals surface area contributed by atoms with Crippen molar-refractivity contribution in [2.45, 2.75) is 6.04 Å². The molecule has 0 bridgehead atoms. The molecule has 17 heavy (non-hydrogen) atoms. The van der Waals surface area contributed by atoms with Crippen LogP contribution in [0.15, 0.2) is 18.2 Å². The standard InChI is InChI=1S/C11H15NO5/c1-17-6-7(5-13)12-11(16)9-3-2-8(14)4-10(9)15/h2-4,7,13-15H,5-6H2,1H3,(H,12,16). The van der Waals surface area contributed by atoms with E-state index in [2.05, 4.69) is 5.32 Å². The quantitative estimate of drug-likeness (QED) is 0.574. The molecule has 1 unspecified atom stereocenters. The van der Waals surface area contributed by atoms with Crippen LogP contribution >= 0.6 is 0 Å². The Labute approximate surface area is 98.5 Å². The smallest absolute Gasteiger partial charge is 0.255 e. The van der Waals surface area contributed by atoms with E-state index in [0.717, 1.165) is 6.07 Å². The lowest BCUT2D eigenvalue weighted by atomic mass is 10.1. The maximum absolute atomic E-state index is 11.7. The molecular weight excluding hydrogens is 226 g/mol. The summed E-state index contributed by atoms with van der Waals surface area (Å²) in [5.41, 5.74) is 0.0253. The molecule has 1 amide bonds. The van der Waals surface area contributed by atoms with Crippen molar-refractivity contribution in [3.8, 4) is 11.5 Å². The Morgan fingerprint density at radius 1 is 1.47 bits per heavy atom. The van der Waals surface area contributed by atoms with Crippen LogP contribution in [0, 0.1) is 0 Å². The summed E-state index contributed by atoms with van der Waals surface area (Å²) in [6.07, 6.45) is 0. The molecule has 0 heterocycles. The van der Waals surface area contributed by atoms with Crippen LogP contribution in [0.25, 0.3) is 0 Å². The zero-order valence-corrected chi connectivity index (χ0v) is 9.38. The Hall–Kier alpha value is -1.79. The van der Waals surface area contributed by atoms with Crippen molar-refractivity contribution >= 4 is 5.91 Å². The topological polar surface area (TPSA) is 99.0 Å². The molecule has 0 aliphatic carbocycles. The maximum atomic E-state index is 11.7. The van der Waals surface area contributed by atoms with Gasteiger partial charge in [-0.25, -0.2) is 0 Å². The van der Waals surface area contributed by atoms with E-state index < -0.39 is 11.9 Å². The number of aliphatic hydroxyl groups excluding tert-OH is 1. The van der Waals surface area contributed by atoms with Gasteiger partial charge in [-0.15, -0.1) is 0 Å². The number of carbonyl (C=O) groups excluding carboxylic acids is 1. The van der Waals surface area contributed by atoms with Crippen LogP contribution in [-0.4, -0.2) is 47.6 Å². The number of hydrogen-bond donors (Lipinski definition) is 4. The first kappa shape index (κ1) is 13.3. The molecule has 4 N–H and O–H groups in total. The molecule has 0 saturated carbocycles. The summed E-state index contributed by atoms with van der Waals surface area (Å²) >= 11 is 0. The minimum absolute atomic E-state index is 0.0253. The first-order chi connectivity index (χ1) is 8.08. The van der Waals surface area contributed by atoms with Gasteiger partial charge in [0.05, 0.1) is 24.8 Å². The summed E-state index contributed by atoms with van der Waals surface area (Å²) in [6.45, 7) is -0.0977. The lowest BCUT2D eigenvalue weighted by molar-refractivity contribution is 0.0837. The van der Waals surface area contributed by atoms with Crippen molar-refractivity contribution in [1.29, 1.82) is 0 Å². The summed E-state index contributed by atoms with van der Waals surface area (Å²) in [4.78, 5) is 11.7. The number of aromatic hydroxyl groups is 2. The summed E-state index contributed by atoms with van der Waals surface area (Å²) < 4.78 is 4.80. The van der Waals surface area contributed by atoms with E-state index in [1.165, 1.54) is 19.2 Å². The third-order valence-electron chi connectivity index (χ3n) is 2.15. The molecule has 0 aliphatic rings. The summed E-state index contributed by atoms with van der Waals surface area (Å²) in [6, 6.07) is 3.11. The van der Waals surface area contributed by atoms with Gasteiger partial charge in [-0.05, 0) is 12.1 Å². The van der Waals surface area contributed by atoms with E-state index in [1.807, 2.05) is 0 Å². The lowest BCUT2D eigenvalue weighted by Gasteiger charge is -2.15. The number of benzene rings is 1. The van der Waals surface area contributed by atoms with Gasteiger partial charge in [-0.2, -0.15) is 0 Å². The summed E-state index contributed by atoms with van der Waals surface area (Å²) in [5.74, 6) is -0.996. The Kier molecular flexibility index (Phi) is 4.74. The maximum Gasteiger partial charge on any atom is 0.255 e. The normalized spacial score (nSPS) is 12.1. The molecule has 1 rings (SSSR count). The monoisotopic (exact) mass is 241 g/mol. The zero-order chi connectivity index (χ0) is 12.8. The summed E-state index contributed by atoms with van der Waals surface area (Å²) in [7, 11) is 1.45. The van der Waals surface area contributed by atoms with E-state index >= 15 is 0 Å². The van der Waals surface area contributed by atoms with Gasteiger partial charge in [0.15, 0.2) is 0 Å². The van der Waals surface area contributed by atoms with Crippen molar-refractivity contribution in [1.82, 2.24) is 5.32 Å². The van der Waals surface area contributed by atoms with Crippen LogP contribution in [0.2, 0.25) is 0 Å². The van der Waals surface area contributed by atoms with Gasteiger partial charge in [0, 0.05) is 13.2 Å². The molecule has 0 fully saturated rings. The number of hydrogen-bond acceptors (Lipinski definition) is 5. The van der Waals surface area contributed by atoms with Crippen molar-refractivity contribution in [2.24, 2.45) is 0 Å². The highest BCUT2D eigenvalue weighted by molar-refractivity contribution is 5.97. The van der Waals surface area contributed by atoms with Crippen molar-refractivity contribution in [2.75, 3.05) is 20.3 Å². The lowest BCUT2D eigenvalue weighted by Crippen LogP contribution is -2.40. The summed E-state index contributed by atoms with van der Waals surface area (Å²) in [5, 5.41) is 30.0. The number of rotatable bonds is 5. The molecule has 0 aliphatic heterocycles. The van der Waals surface area contributed by atoms with Crippen molar-refractivity contribution in [3.63, 3.8) is 0 Å². The highest BCUT2D eigenvalue weighted by Gasteiger charge is 2.15. The SMILES string of the molecule is COCC(CO)NC(=O)c1ccc(O)cc1O. The fraction of sp³-hybridized carbons (Fsp3) is 0.364. The highest BCUT2D eigenvalue weighted by atomic mass is 16.5. The highest BCUT2D eigenvalue weighted by Crippen LogP contribution is 2.22. The van der Waals surface area contributed by atoms with Crippen LogP contribution in [0.4, 0.5) is 0 Å². The Balaban J connectivity index is 2.75. The molecule has 1 aromatic rings. The molecule has 6 heteroatoms. The van der Waals surface area contributed by atoms with Crippen molar-refractivity contribution in [3.05, 3.63) is 23.8 Å². The van der Waals surface area contributed by atoms with E-state index in [0.29, 0.717) is 0 Å². The number of ether oxygens (including phenoxy) is 1. The number of methoxy groups -OCH3 is 1. The van der Waals surface area contributed by atoms with Gasteiger partial charge >= 0.3 is 0 Å². The second-order valence-electron chi connectivity index (χ2n) is 3.51. The third kappa shape index (κ3) is 3.61. The van der Waals surface area contributed by atoms with Gasteiger partial charge in [-0.3, -0.25) is 4.79 Å². The van der Waals surface area contributed by atoms with Crippen LogP contribution in [0.3, 0.4) is 0 Å². The molecular formula is C11H15NO5.